The van der Waals surface area contributed by atoms with Gasteiger partial charge in [-0.05, 0) is 63.4 Å². The minimum absolute atomic E-state index is 0.294. The topological polar surface area (TPSA) is 87.7 Å². The van der Waals surface area contributed by atoms with Crippen LogP contribution in [0, 0.1) is 19.3 Å². The molecule has 0 saturated carbocycles. The number of hydrogen-bond donors (Lipinski definition) is 2. The van der Waals surface area contributed by atoms with Crippen molar-refractivity contribution >= 4 is 23.6 Å². The third-order valence-corrected chi connectivity index (χ3v) is 5.46. The smallest absolute Gasteiger partial charge is 0.408 e. The molecule has 7 nitrogen and oxygen atoms in total. The average molecular weight is 492 g/mol. The van der Waals surface area contributed by atoms with Crippen molar-refractivity contribution in [2.45, 2.75) is 65.5 Å². The summed E-state index contributed by atoms with van der Waals surface area (Å²) >= 11 is 0. The summed E-state index contributed by atoms with van der Waals surface area (Å²) in [6, 6.07) is 13.6. The van der Waals surface area contributed by atoms with Gasteiger partial charge in [-0.1, -0.05) is 56.0 Å². The number of nitrogens with zero attached hydrogens (tertiary/aromatic N) is 1. The molecule has 0 bridgehead atoms. The Hall–Kier alpha value is -3.79. The van der Waals surface area contributed by atoms with Gasteiger partial charge >= 0.3 is 6.09 Å². The molecule has 0 radical (unpaired) electrons. The second-order valence-corrected chi connectivity index (χ2v) is 9.62. The van der Waals surface area contributed by atoms with Gasteiger partial charge in [-0.15, -0.1) is 6.42 Å². The lowest BCUT2D eigenvalue weighted by Gasteiger charge is -2.32. The van der Waals surface area contributed by atoms with Gasteiger partial charge < -0.3 is 20.3 Å². The van der Waals surface area contributed by atoms with Gasteiger partial charge in [0.2, 0.25) is 5.91 Å². The van der Waals surface area contributed by atoms with E-state index in [2.05, 4.69) is 23.5 Å². The molecule has 2 rings (SSSR count). The molecule has 0 spiro atoms. The molecule has 0 fully saturated rings. The Morgan fingerprint density at radius 2 is 1.72 bits per heavy atom. The molecule has 1 atom stereocenters. The predicted octanol–water partition coefficient (Wildman–Crippen LogP) is 5.20. The molecule has 0 aliphatic rings. The summed E-state index contributed by atoms with van der Waals surface area (Å²) < 4.78 is 5.26. The fraction of sp³-hybridized carbons (Fsp3) is 0.414. The molecule has 1 unspecified atom stereocenters. The van der Waals surface area contributed by atoms with E-state index in [1.165, 1.54) is 4.90 Å². The van der Waals surface area contributed by atoms with Gasteiger partial charge in [0.25, 0.3) is 5.91 Å². The molecule has 0 heterocycles. The summed E-state index contributed by atoms with van der Waals surface area (Å²) in [6.45, 7) is 9.27. The Labute approximate surface area is 214 Å². The van der Waals surface area contributed by atoms with E-state index in [4.69, 9.17) is 11.2 Å². The van der Waals surface area contributed by atoms with E-state index in [0.29, 0.717) is 29.8 Å². The first kappa shape index (κ1) is 28.4. The normalized spacial score (nSPS) is 11.7. The predicted molar refractivity (Wildman–Crippen MR) is 142 cm³/mol. The number of anilines is 1. The molecule has 192 valence electrons. The maximum Gasteiger partial charge on any atom is 0.408 e. The van der Waals surface area contributed by atoms with Crippen LogP contribution in [0.1, 0.15) is 69.7 Å². The van der Waals surface area contributed by atoms with E-state index in [1.807, 2.05) is 31.2 Å². The van der Waals surface area contributed by atoms with Crippen molar-refractivity contribution in [1.29, 1.82) is 0 Å². The van der Waals surface area contributed by atoms with Crippen molar-refractivity contribution in [3.8, 4) is 12.3 Å². The molecule has 36 heavy (non-hydrogen) atoms. The van der Waals surface area contributed by atoms with Crippen LogP contribution in [0.5, 0.6) is 0 Å². The minimum atomic E-state index is -0.916. The van der Waals surface area contributed by atoms with Crippen LogP contribution in [-0.2, 0) is 14.3 Å². The Morgan fingerprint density at radius 1 is 1.06 bits per heavy atom. The van der Waals surface area contributed by atoms with Gasteiger partial charge in [0.1, 0.15) is 18.2 Å². The van der Waals surface area contributed by atoms with E-state index in [0.717, 1.165) is 18.4 Å². The maximum atomic E-state index is 13.7. The molecule has 2 aromatic rings. The van der Waals surface area contributed by atoms with Crippen LogP contribution in [0.15, 0.2) is 48.5 Å². The van der Waals surface area contributed by atoms with Crippen LogP contribution in [0.2, 0.25) is 0 Å². The zero-order valence-corrected chi connectivity index (χ0v) is 21.9. The number of alkyl carbamates (subject to hydrolysis) is 1. The number of aryl methyl sites for hydroxylation is 1. The van der Waals surface area contributed by atoms with Crippen LogP contribution in [0.4, 0.5) is 10.5 Å². The highest BCUT2D eigenvalue weighted by Crippen LogP contribution is 2.25. The molecule has 2 aromatic carbocycles. The Kier molecular flexibility index (Phi) is 10.5. The number of hydrogen-bond acceptors (Lipinski definition) is 4. The summed E-state index contributed by atoms with van der Waals surface area (Å²) in [6.07, 6.45) is 7.38. The van der Waals surface area contributed by atoms with Gasteiger partial charge in [0, 0.05) is 17.8 Å². The third kappa shape index (κ3) is 8.77. The fourth-order valence-electron chi connectivity index (χ4n) is 3.64. The number of rotatable bonds is 10. The quantitative estimate of drug-likeness (QED) is 0.353. The van der Waals surface area contributed by atoms with E-state index in [-0.39, 0.29) is 18.4 Å². The van der Waals surface area contributed by atoms with E-state index in [9.17, 15) is 14.4 Å². The van der Waals surface area contributed by atoms with Gasteiger partial charge in [-0.3, -0.25) is 9.59 Å². The number of terminal acetylenes is 1. The van der Waals surface area contributed by atoms with Crippen LogP contribution in [0.3, 0.4) is 0 Å². The summed E-state index contributed by atoms with van der Waals surface area (Å²) in [4.78, 5) is 40.8. The molecule has 3 amide bonds. The van der Waals surface area contributed by atoms with Crippen molar-refractivity contribution in [2.24, 2.45) is 0 Å². The van der Waals surface area contributed by atoms with Gasteiger partial charge in [-0.25, -0.2) is 4.79 Å². The first-order valence-electron chi connectivity index (χ1n) is 12.2. The average Bonchev–Trinajstić information content (AvgIpc) is 2.82. The maximum absolute atomic E-state index is 13.7. The van der Waals surface area contributed by atoms with Crippen molar-refractivity contribution in [1.82, 2.24) is 10.2 Å². The van der Waals surface area contributed by atoms with Crippen LogP contribution < -0.4 is 10.6 Å². The number of ether oxygens (including phenoxy) is 1. The van der Waals surface area contributed by atoms with Crippen LogP contribution >= 0.6 is 0 Å². The molecule has 2 N–H and O–H groups in total. The number of carbonyl (C=O) groups excluding carboxylic acids is 3. The van der Waals surface area contributed by atoms with E-state index >= 15 is 0 Å². The molecular weight excluding hydrogens is 454 g/mol. The first-order chi connectivity index (χ1) is 17.1. The largest absolute Gasteiger partial charge is 0.444 e. The summed E-state index contributed by atoms with van der Waals surface area (Å²) in [7, 11) is 0. The Balaban J connectivity index is 2.38. The summed E-state index contributed by atoms with van der Waals surface area (Å²) in [5, 5.41) is 5.50. The lowest BCUT2D eigenvalue weighted by atomic mass is 10.0. The number of para-hydroxylation sites is 1. The van der Waals surface area contributed by atoms with Gasteiger partial charge in [0.15, 0.2) is 0 Å². The Bertz CT molecular complexity index is 1080. The standard InChI is InChI=1S/C29H37N3O4/c1-7-9-12-19-32(25(33)20-30-28(35)36-29(4,5)6)26(23-17-15-22(8-2)16-18-23)27(34)31-24-14-11-10-13-21(24)3/h2,10-11,13-18,26H,7,9,12,19-20H2,1,3-6H3,(H,30,35)(H,31,34). The molecule has 0 aliphatic heterocycles. The van der Waals surface area contributed by atoms with E-state index < -0.39 is 17.7 Å². The summed E-state index contributed by atoms with van der Waals surface area (Å²) in [5.74, 6) is 1.84. The number of unbranched alkanes of at least 4 members (excludes halogenated alkanes) is 2. The van der Waals surface area contributed by atoms with Crippen molar-refractivity contribution in [2.75, 3.05) is 18.4 Å². The lowest BCUT2D eigenvalue weighted by molar-refractivity contribution is -0.138. The monoisotopic (exact) mass is 491 g/mol. The highest BCUT2D eigenvalue weighted by Gasteiger charge is 2.32. The van der Waals surface area contributed by atoms with Gasteiger partial charge in [-0.2, -0.15) is 0 Å². The molecule has 7 heteroatoms. The second-order valence-electron chi connectivity index (χ2n) is 9.62. The number of nitrogens with one attached hydrogen (secondary N) is 2. The number of benzene rings is 2. The highest BCUT2D eigenvalue weighted by atomic mass is 16.6. The zero-order valence-electron chi connectivity index (χ0n) is 21.9. The summed E-state index contributed by atoms with van der Waals surface area (Å²) in [5.41, 5.74) is 2.18. The molecule has 0 aliphatic carbocycles. The first-order valence-corrected chi connectivity index (χ1v) is 12.2. The van der Waals surface area contributed by atoms with E-state index in [1.54, 1.807) is 45.0 Å². The third-order valence-electron chi connectivity index (χ3n) is 5.46. The lowest BCUT2D eigenvalue weighted by Crippen LogP contribution is -2.47. The molecule has 0 saturated heterocycles. The Morgan fingerprint density at radius 3 is 2.31 bits per heavy atom. The fourth-order valence-corrected chi connectivity index (χ4v) is 3.64. The molecule has 0 aromatic heterocycles. The van der Waals surface area contributed by atoms with Crippen LogP contribution in [-0.4, -0.2) is 41.5 Å². The van der Waals surface area contributed by atoms with Crippen molar-refractivity contribution < 1.29 is 19.1 Å². The highest BCUT2D eigenvalue weighted by molar-refractivity contribution is 5.98. The number of carbonyl (C=O) groups is 3. The minimum Gasteiger partial charge on any atom is -0.444 e. The van der Waals surface area contributed by atoms with Crippen molar-refractivity contribution in [3.05, 3.63) is 65.2 Å². The van der Waals surface area contributed by atoms with Crippen molar-refractivity contribution in [3.63, 3.8) is 0 Å². The second kappa shape index (κ2) is 13.3. The SMILES string of the molecule is C#Cc1ccc(C(C(=O)Nc2ccccc2C)N(CCCCC)C(=O)CNC(=O)OC(C)(C)C)cc1. The number of amides is 3. The van der Waals surface area contributed by atoms with Gasteiger partial charge in [0.05, 0.1) is 0 Å². The van der Waals surface area contributed by atoms with Crippen LogP contribution in [0.25, 0.3) is 0 Å². The molecular formula is C29H37N3O4. The zero-order chi connectivity index (χ0) is 26.7.